The summed E-state index contributed by atoms with van der Waals surface area (Å²) in [4.78, 5) is 8.95. The van der Waals surface area contributed by atoms with E-state index in [1.807, 2.05) is 12.3 Å². The summed E-state index contributed by atoms with van der Waals surface area (Å²) in [6, 6.07) is 2.04. The molecule has 0 saturated carbocycles. The molecule has 1 heterocycles. The van der Waals surface area contributed by atoms with E-state index in [4.69, 9.17) is 0 Å². The van der Waals surface area contributed by atoms with Gasteiger partial charge in [0.15, 0.2) is 5.16 Å². The highest BCUT2D eigenvalue weighted by molar-refractivity contribution is 7.99. The number of hydrogen-bond acceptors (Lipinski definition) is 5. The molecule has 0 saturated heterocycles. The first kappa shape index (κ1) is 14.6. The van der Waals surface area contributed by atoms with E-state index in [0.29, 0.717) is 5.92 Å². The summed E-state index contributed by atoms with van der Waals surface area (Å²) in [7, 11) is 0. The van der Waals surface area contributed by atoms with E-state index in [2.05, 4.69) is 36.1 Å². The van der Waals surface area contributed by atoms with Gasteiger partial charge < -0.3 is 5.32 Å². The second kappa shape index (κ2) is 7.82. The minimum Gasteiger partial charge on any atom is -0.370 e. The smallest absolute Gasteiger partial charge is 0.190 e. The van der Waals surface area contributed by atoms with Crippen LogP contribution in [0.2, 0.25) is 0 Å². The molecule has 0 aromatic carbocycles. The minimum absolute atomic E-state index is 0.680. The highest BCUT2D eigenvalue weighted by atomic mass is 32.2. The van der Waals surface area contributed by atoms with E-state index >= 15 is 0 Å². The zero-order valence-electron chi connectivity index (χ0n) is 11.0. The zero-order chi connectivity index (χ0) is 12.7. The molecule has 0 aliphatic rings. The highest BCUT2D eigenvalue weighted by Crippen LogP contribution is 2.23. The maximum atomic E-state index is 4.51. The molecule has 1 N–H and O–H groups in total. The van der Waals surface area contributed by atoms with Crippen molar-refractivity contribution in [1.29, 1.82) is 0 Å². The third-order valence-corrected chi connectivity index (χ3v) is 3.87. The molecule has 0 bridgehead atoms. The Morgan fingerprint density at radius 2 is 2.12 bits per heavy atom. The molecule has 1 aromatic rings. The normalized spacial score (nSPS) is 10.9. The summed E-state index contributed by atoms with van der Waals surface area (Å²) in [5, 5.41) is 5.23. The topological polar surface area (TPSA) is 37.8 Å². The van der Waals surface area contributed by atoms with Gasteiger partial charge in [-0.25, -0.2) is 9.97 Å². The number of hydrogen-bond donors (Lipinski definition) is 1. The first-order valence-electron chi connectivity index (χ1n) is 5.95. The van der Waals surface area contributed by atoms with Gasteiger partial charge in [0.25, 0.3) is 0 Å². The van der Waals surface area contributed by atoms with Crippen LogP contribution in [0.25, 0.3) is 0 Å². The SMILES string of the molecule is CCCNc1cc(SCC(C)C)nc(SC)n1. The van der Waals surface area contributed by atoms with Crippen LogP contribution in [0.15, 0.2) is 16.2 Å². The van der Waals surface area contributed by atoms with Crippen molar-refractivity contribution in [2.45, 2.75) is 37.4 Å². The Morgan fingerprint density at radius 3 is 2.71 bits per heavy atom. The Kier molecular flexibility index (Phi) is 6.73. The van der Waals surface area contributed by atoms with Gasteiger partial charge in [0.1, 0.15) is 10.8 Å². The number of nitrogens with zero attached hydrogens (tertiary/aromatic N) is 2. The molecule has 1 rings (SSSR count). The van der Waals surface area contributed by atoms with E-state index in [0.717, 1.165) is 34.7 Å². The fourth-order valence-corrected chi connectivity index (χ4v) is 2.45. The first-order valence-corrected chi connectivity index (χ1v) is 8.16. The van der Waals surface area contributed by atoms with Gasteiger partial charge in [-0.05, 0) is 18.6 Å². The standard InChI is InChI=1S/C12H21N3S2/c1-5-6-13-10-7-11(17-8-9(2)3)15-12(14-10)16-4/h7,9H,5-6,8H2,1-4H3,(H,13,14,15). The summed E-state index contributed by atoms with van der Waals surface area (Å²) >= 11 is 3.39. The average molecular weight is 271 g/mol. The van der Waals surface area contributed by atoms with Crippen LogP contribution in [0.4, 0.5) is 5.82 Å². The van der Waals surface area contributed by atoms with Crippen molar-refractivity contribution in [3.8, 4) is 0 Å². The van der Waals surface area contributed by atoms with E-state index < -0.39 is 0 Å². The molecular formula is C12H21N3S2. The third kappa shape index (κ3) is 5.64. The molecule has 0 unspecified atom stereocenters. The van der Waals surface area contributed by atoms with E-state index in [1.54, 1.807) is 23.5 Å². The largest absolute Gasteiger partial charge is 0.370 e. The maximum absolute atomic E-state index is 4.51. The molecule has 96 valence electrons. The number of aromatic nitrogens is 2. The molecule has 0 aliphatic carbocycles. The van der Waals surface area contributed by atoms with Crippen LogP contribution in [-0.4, -0.2) is 28.5 Å². The lowest BCUT2D eigenvalue weighted by Crippen LogP contribution is -2.04. The summed E-state index contributed by atoms with van der Waals surface area (Å²) in [6.45, 7) is 7.55. The summed E-state index contributed by atoms with van der Waals surface area (Å²) in [6.07, 6.45) is 3.11. The van der Waals surface area contributed by atoms with Gasteiger partial charge in [-0.2, -0.15) is 0 Å². The van der Waals surface area contributed by atoms with Crippen molar-refractivity contribution < 1.29 is 0 Å². The third-order valence-electron chi connectivity index (χ3n) is 1.99. The number of rotatable bonds is 7. The van der Waals surface area contributed by atoms with Gasteiger partial charge in [0.2, 0.25) is 0 Å². The summed E-state index contributed by atoms with van der Waals surface area (Å²) in [5.41, 5.74) is 0. The lowest BCUT2D eigenvalue weighted by atomic mass is 10.3. The first-order chi connectivity index (χ1) is 8.15. The number of thioether (sulfide) groups is 2. The number of anilines is 1. The van der Waals surface area contributed by atoms with Crippen LogP contribution >= 0.6 is 23.5 Å². The zero-order valence-corrected chi connectivity index (χ0v) is 12.6. The van der Waals surface area contributed by atoms with Gasteiger partial charge in [0, 0.05) is 18.4 Å². The molecular weight excluding hydrogens is 250 g/mol. The van der Waals surface area contributed by atoms with Gasteiger partial charge >= 0.3 is 0 Å². The second-order valence-electron chi connectivity index (χ2n) is 4.21. The minimum atomic E-state index is 0.680. The highest BCUT2D eigenvalue weighted by Gasteiger charge is 2.05. The summed E-state index contributed by atoms with van der Waals surface area (Å²) in [5.74, 6) is 2.72. The van der Waals surface area contributed by atoms with Gasteiger partial charge in [-0.15, -0.1) is 11.8 Å². The Labute approximate surface area is 113 Å². The predicted octanol–water partition coefficient (Wildman–Crippen LogP) is 3.77. The van der Waals surface area contributed by atoms with Crippen molar-refractivity contribution in [2.24, 2.45) is 5.92 Å². The molecule has 0 amide bonds. The van der Waals surface area contributed by atoms with Crippen LogP contribution in [-0.2, 0) is 0 Å². The molecule has 0 spiro atoms. The predicted molar refractivity (Wildman–Crippen MR) is 78.2 cm³/mol. The lowest BCUT2D eigenvalue weighted by Gasteiger charge is -2.09. The Bertz CT molecular complexity index is 343. The van der Waals surface area contributed by atoms with Gasteiger partial charge in [-0.3, -0.25) is 0 Å². The van der Waals surface area contributed by atoms with E-state index in [-0.39, 0.29) is 0 Å². The molecule has 0 atom stereocenters. The number of nitrogens with one attached hydrogen (secondary N) is 1. The summed E-state index contributed by atoms with van der Waals surface area (Å²) < 4.78 is 0. The van der Waals surface area contributed by atoms with Crippen LogP contribution in [0, 0.1) is 5.92 Å². The molecule has 5 heteroatoms. The fourth-order valence-electron chi connectivity index (χ4n) is 1.16. The molecule has 1 aromatic heterocycles. The Balaban J connectivity index is 2.73. The Hall–Kier alpha value is -0.420. The fraction of sp³-hybridized carbons (Fsp3) is 0.667. The van der Waals surface area contributed by atoms with Crippen LogP contribution in [0.5, 0.6) is 0 Å². The molecule has 0 aliphatic heterocycles. The maximum Gasteiger partial charge on any atom is 0.190 e. The molecule has 17 heavy (non-hydrogen) atoms. The van der Waals surface area contributed by atoms with Gasteiger partial charge in [0.05, 0.1) is 0 Å². The van der Waals surface area contributed by atoms with E-state index in [9.17, 15) is 0 Å². The van der Waals surface area contributed by atoms with Crippen LogP contribution < -0.4 is 5.32 Å². The van der Waals surface area contributed by atoms with Crippen molar-refractivity contribution >= 4 is 29.3 Å². The lowest BCUT2D eigenvalue weighted by molar-refractivity contribution is 0.748. The van der Waals surface area contributed by atoms with Crippen molar-refractivity contribution in [3.05, 3.63) is 6.07 Å². The second-order valence-corrected chi connectivity index (χ2v) is 6.02. The molecule has 0 fully saturated rings. The van der Waals surface area contributed by atoms with Crippen LogP contribution in [0.3, 0.4) is 0 Å². The average Bonchev–Trinajstić information content (AvgIpc) is 2.33. The van der Waals surface area contributed by atoms with E-state index in [1.165, 1.54) is 0 Å². The van der Waals surface area contributed by atoms with Crippen molar-refractivity contribution in [1.82, 2.24) is 9.97 Å². The Morgan fingerprint density at radius 1 is 1.35 bits per heavy atom. The monoisotopic (exact) mass is 271 g/mol. The van der Waals surface area contributed by atoms with Crippen molar-refractivity contribution in [3.63, 3.8) is 0 Å². The quantitative estimate of drug-likeness (QED) is 0.464. The van der Waals surface area contributed by atoms with Crippen LogP contribution in [0.1, 0.15) is 27.2 Å². The molecule has 0 radical (unpaired) electrons. The molecule has 3 nitrogen and oxygen atoms in total. The van der Waals surface area contributed by atoms with Gasteiger partial charge in [-0.1, -0.05) is 32.5 Å². The van der Waals surface area contributed by atoms with Crippen molar-refractivity contribution in [2.75, 3.05) is 23.9 Å².